The molecule has 2 nitrogen and oxygen atoms in total. The molecule has 0 aromatic rings. The molecule has 2 unspecified atom stereocenters. The van der Waals surface area contributed by atoms with Crippen molar-refractivity contribution in [3.63, 3.8) is 0 Å². The number of nitriles is 1. The summed E-state index contributed by atoms with van der Waals surface area (Å²) in [6.45, 7) is 6.04. The molecular weight excluding hydrogens is 112 g/mol. The van der Waals surface area contributed by atoms with Crippen LogP contribution in [0.5, 0.6) is 0 Å². The third-order valence-corrected chi connectivity index (χ3v) is 1.34. The second-order valence-electron chi connectivity index (χ2n) is 2.33. The highest BCUT2D eigenvalue weighted by Crippen LogP contribution is 1.89. The van der Waals surface area contributed by atoms with E-state index in [9.17, 15) is 0 Å². The molecule has 0 bridgehead atoms. The van der Waals surface area contributed by atoms with Crippen LogP contribution in [0.4, 0.5) is 0 Å². The van der Waals surface area contributed by atoms with Crippen LogP contribution in [0.2, 0.25) is 0 Å². The zero-order valence-corrected chi connectivity index (χ0v) is 6.31. The minimum Gasteiger partial charge on any atom is -0.300 e. The zero-order chi connectivity index (χ0) is 7.28. The molecule has 0 radical (unpaired) electrons. The number of rotatable bonds is 3. The molecule has 1 N–H and O–H groups in total. The molecule has 0 spiro atoms. The Kier molecular flexibility index (Phi) is 4.08. The first-order valence-electron chi connectivity index (χ1n) is 3.36. The maximum Gasteiger partial charge on any atom is 0.0926 e. The third kappa shape index (κ3) is 3.99. The Morgan fingerprint density at radius 1 is 1.56 bits per heavy atom. The molecule has 0 rings (SSSR count). The van der Waals surface area contributed by atoms with Crippen LogP contribution in [0.3, 0.4) is 0 Å². The van der Waals surface area contributed by atoms with E-state index < -0.39 is 0 Å². The molecule has 0 heterocycles. The van der Waals surface area contributed by atoms with Gasteiger partial charge >= 0.3 is 0 Å². The van der Waals surface area contributed by atoms with Crippen LogP contribution < -0.4 is 5.32 Å². The molecule has 2 atom stereocenters. The number of hydrogen-bond donors (Lipinski definition) is 1. The standard InChI is InChI=1S/C7H14N2/c1-4-6(2)9-7(3)5-8/h6-7,9H,4H2,1-3H3. The molecule has 0 saturated heterocycles. The first kappa shape index (κ1) is 8.45. The molecule has 0 aromatic carbocycles. The highest BCUT2D eigenvalue weighted by atomic mass is 14.9. The lowest BCUT2D eigenvalue weighted by Crippen LogP contribution is -2.32. The molecule has 0 saturated carbocycles. The summed E-state index contributed by atoms with van der Waals surface area (Å²) in [6, 6.07) is 2.56. The number of nitrogens with one attached hydrogen (secondary N) is 1. The fourth-order valence-corrected chi connectivity index (χ4v) is 0.582. The van der Waals surface area contributed by atoms with Gasteiger partial charge < -0.3 is 0 Å². The van der Waals surface area contributed by atoms with Crippen LogP contribution in [-0.4, -0.2) is 12.1 Å². The van der Waals surface area contributed by atoms with Gasteiger partial charge in [0.05, 0.1) is 12.1 Å². The van der Waals surface area contributed by atoms with Gasteiger partial charge in [-0.2, -0.15) is 5.26 Å². The first-order valence-corrected chi connectivity index (χ1v) is 3.36. The van der Waals surface area contributed by atoms with Gasteiger partial charge in [0.1, 0.15) is 0 Å². The van der Waals surface area contributed by atoms with Crippen molar-refractivity contribution >= 4 is 0 Å². The van der Waals surface area contributed by atoms with Crippen molar-refractivity contribution in [2.24, 2.45) is 0 Å². The van der Waals surface area contributed by atoms with E-state index in [1.54, 1.807) is 0 Å². The van der Waals surface area contributed by atoms with E-state index in [-0.39, 0.29) is 6.04 Å². The van der Waals surface area contributed by atoms with Crippen molar-refractivity contribution in [1.82, 2.24) is 5.32 Å². The minimum absolute atomic E-state index is 0.0139. The maximum absolute atomic E-state index is 8.37. The van der Waals surface area contributed by atoms with Gasteiger partial charge in [0, 0.05) is 6.04 Å². The highest BCUT2D eigenvalue weighted by molar-refractivity contribution is 4.86. The summed E-state index contributed by atoms with van der Waals surface area (Å²) >= 11 is 0. The van der Waals surface area contributed by atoms with Crippen LogP contribution >= 0.6 is 0 Å². The monoisotopic (exact) mass is 126 g/mol. The first-order chi connectivity index (χ1) is 4.20. The Hall–Kier alpha value is -0.550. The quantitative estimate of drug-likeness (QED) is 0.618. The lowest BCUT2D eigenvalue weighted by molar-refractivity contribution is 0.509. The predicted octanol–water partition coefficient (Wildman–Crippen LogP) is 1.29. The summed E-state index contributed by atoms with van der Waals surface area (Å²) in [5.74, 6) is 0. The summed E-state index contributed by atoms with van der Waals surface area (Å²) in [5, 5.41) is 11.5. The SMILES string of the molecule is CCC(C)NC(C)C#N. The van der Waals surface area contributed by atoms with Crippen LogP contribution in [0.25, 0.3) is 0 Å². The van der Waals surface area contributed by atoms with Crippen molar-refractivity contribution in [1.29, 1.82) is 5.26 Å². The minimum atomic E-state index is -0.0139. The smallest absolute Gasteiger partial charge is 0.0926 e. The third-order valence-electron chi connectivity index (χ3n) is 1.34. The van der Waals surface area contributed by atoms with E-state index in [4.69, 9.17) is 5.26 Å². The van der Waals surface area contributed by atoms with Crippen molar-refractivity contribution in [3.05, 3.63) is 0 Å². The number of hydrogen-bond acceptors (Lipinski definition) is 2. The molecule has 9 heavy (non-hydrogen) atoms. The zero-order valence-electron chi connectivity index (χ0n) is 6.31. The Balaban J connectivity index is 3.37. The summed E-state index contributed by atoms with van der Waals surface area (Å²) in [4.78, 5) is 0. The van der Waals surface area contributed by atoms with Gasteiger partial charge in [-0.05, 0) is 20.3 Å². The van der Waals surface area contributed by atoms with Gasteiger partial charge in [-0.25, -0.2) is 0 Å². The Bertz CT molecular complexity index is 104. The topological polar surface area (TPSA) is 35.8 Å². The van der Waals surface area contributed by atoms with Gasteiger partial charge in [0.15, 0.2) is 0 Å². The van der Waals surface area contributed by atoms with Crippen LogP contribution in [0.1, 0.15) is 27.2 Å². The van der Waals surface area contributed by atoms with E-state index in [0.717, 1.165) is 6.42 Å². The van der Waals surface area contributed by atoms with Gasteiger partial charge in [-0.15, -0.1) is 0 Å². The van der Waals surface area contributed by atoms with Gasteiger partial charge in [-0.1, -0.05) is 6.92 Å². The van der Waals surface area contributed by atoms with Crippen LogP contribution in [0.15, 0.2) is 0 Å². The van der Waals surface area contributed by atoms with Crippen molar-refractivity contribution in [3.8, 4) is 6.07 Å². The van der Waals surface area contributed by atoms with Gasteiger partial charge in [0.25, 0.3) is 0 Å². The second kappa shape index (κ2) is 4.34. The molecule has 0 aliphatic carbocycles. The average Bonchev–Trinajstić information content (AvgIpc) is 1.87. The van der Waals surface area contributed by atoms with E-state index in [2.05, 4.69) is 25.2 Å². The Morgan fingerprint density at radius 3 is 2.44 bits per heavy atom. The highest BCUT2D eigenvalue weighted by Gasteiger charge is 2.01. The van der Waals surface area contributed by atoms with Crippen LogP contribution in [-0.2, 0) is 0 Å². The summed E-state index contributed by atoms with van der Waals surface area (Å²) in [6.07, 6.45) is 1.08. The largest absolute Gasteiger partial charge is 0.300 e. The molecule has 0 aliphatic heterocycles. The molecule has 0 amide bonds. The van der Waals surface area contributed by atoms with Crippen molar-refractivity contribution < 1.29 is 0 Å². The van der Waals surface area contributed by atoms with Crippen molar-refractivity contribution in [2.45, 2.75) is 39.3 Å². The predicted molar refractivity (Wildman–Crippen MR) is 38.0 cm³/mol. The Morgan fingerprint density at radius 2 is 2.11 bits per heavy atom. The molecule has 52 valence electrons. The molecule has 0 aliphatic rings. The van der Waals surface area contributed by atoms with E-state index in [0.29, 0.717) is 6.04 Å². The fraction of sp³-hybridized carbons (Fsp3) is 0.857. The van der Waals surface area contributed by atoms with Gasteiger partial charge in [-0.3, -0.25) is 5.32 Å². The normalized spacial score (nSPS) is 16.2. The Labute approximate surface area is 56.9 Å². The lowest BCUT2D eigenvalue weighted by Gasteiger charge is -2.11. The molecular formula is C7H14N2. The van der Waals surface area contributed by atoms with Crippen molar-refractivity contribution in [2.75, 3.05) is 0 Å². The molecule has 0 aromatic heterocycles. The van der Waals surface area contributed by atoms with Gasteiger partial charge in [0.2, 0.25) is 0 Å². The average molecular weight is 126 g/mol. The number of nitrogens with zero attached hydrogens (tertiary/aromatic N) is 1. The maximum atomic E-state index is 8.37. The second-order valence-corrected chi connectivity index (χ2v) is 2.33. The van der Waals surface area contributed by atoms with E-state index in [1.165, 1.54) is 0 Å². The fourth-order valence-electron chi connectivity index (χ4n) is 0.582. The summed E-state index contributed by atoms with van der Waals surface area (Å²) in [5.41, 5.74) is 0. The molecule has 0 fully saturated rings. The van der Waals surface area contributed by atoms with E-state index in [1.807, 2.05) is 6.92 Å². The summed E-state index contributed by atoms with van der Waals surface area (Å²) < 4.78 is 0. The lowest BCUT2D eigenvalue weighted by atomic mass is 10.2. The summed E-state index contributed by atoms with van der Waals surface area (Å²) in [7, 11) is 0. The van der Waals surface area contributed by atoms with Crippen LogP contribution in [0, 0.1) is 11.3 Å². The van der Waals surface area contributed by atoms with E-state index >= 15 is 0 Å². The molecule has 2 heteroatoms.